The van der Waals surface area contributed by atoms with Crippen LogP contribution in [0.15, 0.2) is 41.3 Å². The van der Waals surface area contributed by atoms with E-state index in [4.69, 9.17) is 28.3 Å². The summed E-state index contributed by atoms with van der Waals surface area (Å²) in [6, 6.07) is 7.96. The first kappa shape index (κ1) is 24.5. The summed E-state index contributed by atoms with van der Waals surface area (Å²) in [6.07, 6.45) is 2.24. The number of carbonyl (C=O) groups is 2. The number of benzene rings is 2. The zero-order valence-corrected chi connectivity index (χ0v) is 19.4. The van der Waals surface area contributed by atoms with Gasteiger partial charge < -0.3 is 10.6 Å². The Bertz CT molecular complexity index is 1060. The Kier molecular flexibility index (Phi) is 8.57. The van der Waals surface area contributed by atoms with Crippen LogP contribution in [0.4, 0.5) is 5.69 Å². The smallest absolute Gasteiger partial charge is 0.253 e. The van der Waals surface area contributed by atoms with Gasteiger partial charge in [-0.1, -0.05) is 29.3 Å². The molecule has 4 N–H and O–H groups in total. The molecular weight excluding hydrogens is 469 g/mol. The quantitative estimate of drug-likeness (QED) is 0.524. The summed E-state index contributed by atoms with van der Waals surface area (Å²) >= 11 is 13.5. The summed E-state index contributed by atoms with van der Waals surface area (Å²) in [7, 11) is -3.94. The molecule has 0 fully saturated rings. The van der Waals surface area contributed by atoms with E-state index in [9.17, 15) is 18.0 Å². The first-order chi connectivity index (χ1) is 14.0. The average molecular weight is 490 g/mol. The lowest BCUT2D eigenvalue weighted by Crippen LogP contribution is -2.44. The average Bonchev–Trinajstić information content (AvgIpc) is 2.65. The fourth-order valence-corrected chi connectivity index (χ4v) is 4.40. The Morgan fingerprint density at radius 1 is 1.17 bits per heavy atom. The monoisotopic (exact) mass is 489 g/mol. The van der Waals surface area contributed by atoms with Crippen LogP contribution < -0.4 is 15.8 Å². The topological polar surface area (TPSA) is 118 Å². The van der Waals surface area contributed by atoms with Crippen molar-refractivity contribution in [1.29, 1.82) is 0 Å². The standard InChI is InChI=1S/C19H21Cl2N3O4S2/c1-11-3-5-13(10-17(11)30(22,27)28)23-19(26)16(7-8-29-2)24-18(25)14-6-4-12(20)9-15(14)21/h3-6,9-10,16H,7-8H2,1-2H3,(H,23,26)(H,24,25)(H2,22,27,28)/t16-/m1/s1. The van der Waals surface area contributed by atoms with E-state index in [0.29, 0.717) is 22.8 Å². The molecule has 162 valence electrons. The largest absolute Gasteiger partial charge is 0.340 e. The number of rotatable bonds is 8. The van der Waals surface area contributed by atoms with Crippen molar-refractivity contribution < 1.29 is 18.0 Å². The van der Waals surface area contributed by atoms with Crippen LogP contribution >= 0.6 is 35.0 Å². The van der Waals surface area contributed by atoms with Crippen LogP contribution in [-0.4, -0.2) is 38.3 Å². The predicted molar refractivity (Wildman–Crippen MR) is 122 cm³/mol. The van der Waals surface area contributed by atoms with E-state index in [1.54, 1.807) is 19.1 Å². The Labute approximate surface area is 189 Å². The Morgan fingerprint density at radius 3 is 2.47 bits per heavy atom. The highest BCUT2D eigenvalue weighted by Crippen LogP contribution is 2.22. The molecule has 2 rings (SSSR count). The first-order valence-electron chi connectivity index (χ1n) is 8.72. The lowest BCUT2D eigenvalue weighted by Gasteiger charge is -2.19. The van der Waals surface area contributed by atoms with Crippen LogP contribution in [0.5, 0.6) is 0 Å². The maximum absolute atomic E-state index is 12.8. The molecule has 0 aliphatic heterocycles. The molecule has 2 aromatic rings. The van der Waals surface area contributed by atoms with E-state index in [-0.39, 0.29) is 21.2 Å². The van der Waals surface area contributed by atoms with Gasteiger partial charge in [0.2, 0.25) is 15.9 Å². The Morgan fingerprint density at radius 2 is 1.87 bits per heavy atom. The second kappa shape index (κ2) is 10.5. The summed E-state index contributed by atoms with van der Waals surface area (Å²) in [6.45, 7) is 1.60. The van der Waals surface area contributed by atoms with Gasteiger partial charge in [-0.15, -0.1) is 0 Å². The molecule has 0 heterocycles. The molecule has 7 nitrogen and oxygen atoms in total. The number of anilines is 1. The van der Waals surface area contributed by atoms with Crippen LogP contribution in [-0.2, 0) is 14.8 Å². The van der Waals surface area contributed by atoms with Crippen molar-refractivity contribution >= 4 is 62.5 Å². The highest BCUT2D eigenvalue weighted by molar-refractivity contribution is 7.98. The molecule has 0 aliphatic rings. The van der Waals surface area contributed by atoms with E-state index < -0.39 is 27.9 Å². The van der Waals surface area contributed by atoms with Gasteiger partial charge in [-0.25, -0.2) is 13.6 Å². The van der Waals surface area contributed by atoms with E-state index in [0.717, 1.165) is 0 Å². The van der Waals surface area contributed by atoms with E-state index in [2.05, 4.69) is 10.6 Å². The van der Waals surface area contributed by atoms with E-state index in [1.165, 1.54) is 36.0 Å². The minimum atomic E-state index is -3.94. The number of thioether (sulfide) groups is 1. The van der Waals surface area contributed by atoms with Crippen molar-refractivity contribution in [3.63, 3.8) is 0 Å². The molecule has 0 spiro atoms. The van der Waals surface area contributed by atoms with Crippen molar-refractivity contribution in [2.75, 3.05) is 17.3 Å². The molecule has 0 unspecified atom stereocenters. The second-order valence-corrected chi connectivity index (χ2v) is 9.81. The minimum absolute atomic E-state index is 0.0852. The lowest BCUT2D eigenvalue weighted by atomic mass is 10.1. The molecular formula is C19H21Cl2N3O4S2. The van der Waals surface area contributed by atoms with Gasteiger partial charge in [-0.2, -0.15) is 11.8 Å². The van der Waals surface area contributed by atoms with Crippen LogP contribution in [0.2, 0.25) is 10.0 Å². The van der Waals surface area contributed by atoms with Crippen molar-refractivity contribution in [2.24, 2.45) is 5.14 Å². The van der Waals surface area contributed by atoms with Crippen molar-refractivity contribution in [1.82, 2.24) is 5.32 Å². The molecule has 2 amide bonds. The van der Waals surface area contributed by atoms with Gasteiger partial charge in [0, 0.05) is 10.7 Å². The number of hydrogen-bond donors (Lipinski definition) is 3. The zero-order valence-electron chi connectivity index (χ0n) is 16.2. The summed E-state index contributed by atoms with van der Waals surface area (Å²) in [5, 5.41) is 11.1. The van der Waals surface area contributed by atoms with Crippen LogP contribution in [0, 0.1) is 6.92 Å². The molecule has 30 heavy (non-hydrogen) atoms. The van der Waals surface area contributed by atoms with Crippen LogP contribution in [0.25, 0.3) is 0 Å². The second-order valence-electron chi connectivity index (χ2n) is 6.45. The number of aryl methyl sites for hydroxylation is 1. The number of halogens is 2. The number of primary sulfonamides is 1. The number of sulfonamides is 1. The molecule has 11 heteroatoms. The summed E-state index contributed by atoms with van der Waals surface area (Å²) in [5.41, 5.74) is 0.900. The number of carbonyl (C=O) groups excluding carboxylic acids is 2. The number of nitrogens with one attached hydrogen (secondary N) is 2. The minimum Gasteiger partial charge on any atom is -0.340 e. The highest BCUT2D eigenvalue weighted by atomic mass is 35.5. The fourth-order valence-electron chi connectivity index (χ4n) is 2.63. The van der Waals surface area contributed by atoms with Gasteiger partial charge in [-0.05, 0) is 61.2 Å². The summed E-state index contributed by atoms with van der Waals surface area (Å²) < 4.78 is 23.4. The number of hydrogen-bond acceptors (Lipinski definition) is 5. The maximum atomic E-state index is 12.8. The highest BCUT2D eigenvalue weighted by Gasteiger charge is 2.23. The van der Waals surface area contributed by atoms with Gasteiger partial charge >= 0.3 is 0 Å². The Hall–Kier alpha value is -1.78. The van der Waals surface area contributed by atoms with Crippen LogP contribution in [0.3, 0.4) is 0 Å². The SMILES string of the molecule is CSCC[C@@H](NC(=O)c1ccc(Cl)cc1Cl)C(=O)Nc1ccc(C)c(S(N)(=O)=O)c1. The molecule has 2 aromatic carbocycles. The summed E-state index contributed by atoms with van der Waals surface area (Å²) in [4.78, 5) is 25.3. The van der Waals surface area contributed by atoms with E-state index in [1.807, 2.05) is 6.26 Å². The van der Waals surface area contributed by atoms with Gasteiger partial charge in [-0.3, -0.25) is 9.59 Å². The van der Waals surface area contributed by atoms with Gasteiger partial charge in [0.1, 0.15) is 6.04 Å². The first-order valence-corrected chi connectivity index (χ1v) is 12.4. The third-order valence-electron chi connectivity index (χ3n) is 4.17. The number of amides is 2. The molecule has 0 aromatic heterocycles. The molecule has 0 aliphatic carbocycles. The number of nitrogens with two attached hydrogens (primary N) is 1. The predicted octanol–water partition coefficient (Wildman–Crippen LogP) is 3.44. The third-order valence-corrected chi connectivity index (χ3v) is 6.42. The van der Waals surface area contributed by atoms with Crippen molar-refractivity contribution in [3.8, 4) is 0 Å². The van der Waals surface area contributed by atoms with Gasteiger partial charge in [0.25, 0.3) is 5.91 Å². The molecule has 0 bridgehead atoms. The molecule has 0 saturated heterocycles. The van der Waals surface area contributed by atoms with Gasteiger partial charge in [0.05, 0.1) is 15.5 Å². The zero-order chi connectivity index (χ0) is 22.5. The lowest BCUT2D eigenvalue weighted by molar-refractivity contribution is -0.118. The maximum Gasteiger partial charge on any atom is 0.253 e. The summed E-state index contributed by atoms with van der Waals surface area (Å²) in [5.74, 6) is -0.401. The normalized spacial score (nSPS) is 12.3. The third kappa shape index (κ3) is 6.61. The van der Waals surface area contributed by atoms with Crippen molar-refractivity contribution in [2.45, 2.75) is 24.3 Å². The van der Waals surface area contributed by atoms with Crippen molar-refractivity contribution in [3.05, 3.63) is 57.6 Å². The molecule has 0 radical (unpaired) electrons. The fraction of sp³-hybridized carbons (Fsp3) is 0.263. The van der Waals surface area contributed by atoms with E-state index >= 15 is 0 Å². The van der Waals surface area contributed by atoms with Crippen LogP contribution in [0.1, 0.15) is 22.3 Å². The molecule has 0 saturated carbocycles. The van der Waals surface area contributed by atoms with Gasteiger partial charge in [0.15, 0.2) is 0 Å². The Balaban J connectivity index is 2.22. The molecule has 1 atom stereocenters.